The van der Waals surface area contributed by atoms with Crippen LogP contribution in [0.3, 0.4) is 0 Å². The van der Waals surface area contributed by atoms with Crippen molar-refractivity contribution >= 4 is 28.8 Å². The van der Waals surface area contributed by atoms with Crippen LogP contribution in [-0.4, -0.2) is 15.0 Å². The average molecular weight is 269 g/mol. The van der Waals surface area contributed by atoms with Crippen molar-refractivity contribution in [2.24, 2.45) is 0 Å². The molecule has 0 spiro atoms. The fourth-order valence-corrected chi connectivity index (χ4v) is 2.73. The number of hydrogen-bond acceptors (Lipinski definition) is 5. The molecule has 0 fully saturated rings. The molecule has 1 N–H and O–H groups in total. The van der Waals surface area contributed by atoms with E-state index in [-0.39, 0.29) is 6.04 Å². The van der Waals surface area contributed by atoms with E-state index < -0.39 is 0 Å². The summed E-state index contributed by atoms with van der Waals surface area (Å²) in [5.41, 5.74) is 1.05. The number of thiazole rings is 1. The van der Waals surface area contributed by atoms with Crippen LogP contribution in [0.5, 0.6) is 0 Å². The molecule has 6 heteroatoms. The first-order valence-electron chi connectivity index (χ1n) is 5.25. The average Bonchev–Trinajstić information content (AvgIpc) is 2.61. The van der Waals surface area contributed by atoms with E-state index in [0.29, 0.717) is 11.0 Å². The summed E-state index contributed by atoms with van der Waals surface area (Å²) < 4.78 is 0. The van der Waals surface area contributed by atoms with Gasteiger partial charge in [-0.05, 0) is 20.8 Å². The van der Waals surface area contributed by atoms with Crippen molar-refractivity contribution in [3.05, 3.63) is 33.1 Å². The van der Waals surface area contributed by atoms with Crippen LogP contribution in [0.15, 0.2) is 12.4 Å². The molecule has 1 unspecified atom stereocenters. The zero-order chi connectivity index (χ0) is 12.4. The molecule has 0 saturated heterocycles. The van der Waals surface area contributed by atoms with Gasteiger partial charge in [0.15, 0.2) is 11.0 Å². The summed E-state index contributed by atoms with van der Waals surface area (Å²) in [6.07, 6.45) is 3.19. The normalized spacial score (nSPS) is 12.5. The summed E-state index contributed by atoms with van der Waals surface area (Å²) in [7, 11) is 0. The Kier molecular flexibility index (Phi) is 3.59. The minimum absolute atomic E-state index is 0.121. The molecule has 0 radical (unpaired) electrons. The molecule has 0 amide bonds. The molecule has 2 heterocycles. The number of anilines is 1. The Morgan fingerprint density at radius 2 is 2.00 bits per heavy atom. The van der Waals surface area contributed by atoms with E-state index in [0.717, 1.165) is 10.7 Å². The number of rotatable bonds is 3. The number of nitrogens with one attached hydrogen (secondary N) is 1. The Labute approximate surface area is 109 Å². The monoisotopic (exact) mass is 268 g/mol. The molecule has 90 valence electrons. The SMILES string of the molecule is Cc1nc(C)c(C(C)Nc2nccnc2Cl)s1. The zero-order valence-electron chi connectivity index (χ0n) is 9.86. The van der Waals surface area contributed by atoms with E-state index in [1.54, 1.807) is 23.7 Å². The molecule has 2 rings (SSSR count). The van der Waals surface area contributed by atoms with E-state index in [1.807, 2.05) is 13.8 Å². The molecule has 4 nitrogen and oxygen atoms in total. The highest BCUT2D eigenvalue weighted by Gasteiger charge is 2.14. The second-order valence-corrected chi connectivity index (χ2v) is 5.34. The van der Waals surface area contributed by atoms with Gasteiger partial charge in [0.05, 0.1) is 16.7 Å². The van der Waals surface area contributed by atoms with Gasteiger partial charge in [-0.2, -0.15) is 0 Å². The Hall–Kier alpha value is -1.20. The Morgan fingerprint density at radius 1 is 1.29 bits per heavy atom. The maximum atomic E-state index is 5.95. The van der Waals surface area contributed by atoms with Crippen LogP contribution in [0.2, 0.25) is 5.15 Å². The lowest BCUT2D eigenvalue weighted by molar-refractivity contribution is 0.876. The lowest BCUT2D eigenvalue weighted by Gasteiger charge is -2.13. The molecular formula is C11H13ClN4S. The van der Waals surface area contributed by atoms with Crippen molar-refractivity contribution in [1.82, 2.24) is 15.0 Å². The molecule has 0 bridgehead atoms. The van der Waals surface area contributed by atoms with Gasteiger partial charge < -0.3 is 5.32 Å². The molecule has 2 aromatic rings. The van der Waals surface area contributed by atoms with Crippen LogP contribution in [0.25, 0.3) is 0 Å². The van der Waals surface area contributed by atoms with Gasteiger partial charge in [-0.15, -0.1) is 11.3 Å². The Bertz CT molecular complexity index is 526. The second kappa shape index (κ2) is 4.98. The van der Waals surface area contributed by atoms with Crippen molar-refractivity contribution < 1.29 is 0 Å². The summed E-state index contributed by atoms with van der Waals surface area (Å²) in [6, 6.07) is 0.121. The van der Waals surface area contributed by atoms with E-state index in [9.17, 15) is 0 Å². The van der Waals surface area contributed by atoms with Crippen molar-refractivity contribution in [3.63, 3.8) is 0 Å². The second-order valence-electron chi connectivity index (χ2n) is 3.74. The minimum Gasteiger partial charge on any atom is -0.360 e. The number of aryl methyl sites for hydroxylation is 2. The third-order valence-electron chi connectivity index (χ3n) is 2.34. The quantitative estimate of drug-likeness (QED) is 0.927. The molecule has 2 aromatic heterocycles. The predicted molar refractivity (Wildman–Crippen MR) is 70.7 cm³/mol. The van der Waals surface area contributed by atoms with Crippen LogP contribution in [0.4, 0.5) is 5.82 Å². The Balaban J connectivity index is 2.20. The fraction of sp³-hybridized carbons (Fsp3) is 0.364. The predicted octanol–water partition coefficient (Wildman–Crippen LogP) is 3.38. The van der Waals surface area contributed by atoms with Gasteiger partial charge >= 0.3 is 0 Å². The lowest BCUT2D eigenvalue weighted by Crippen LogP contribution is -2.08. The van der Waals surface area contributed by atoms with Crippen molar-refractivity contribution in [3.8, 4) is 0 Å². The van der Waals surface area contributed by atoms with Crippen LogP contribution >= 0.6 is 22.9 Å². The van der Waals surface area contributed by atoms with Gasteiger partial charge in [0.1, 0.15) is 0 Å². The van der Waals surface area contributed by atoms with Crippen LogP contribution in [-0.2, 0) is 0 Å². The van der Waals surface area contributed by atoms with Crippen LogP contribution in [0.1, 0.15) is 28.5 Å². The van der Waals surface area contributed by atoms with Gasteiger partial charge in [0.2, 0.25) is 0 Å². The largest absolute Gasteiger partial charge is 0.360 e. The maximum absolute atomic E-state index is 5.95. The van der Waals surface area contributed by atoms with E-state index in [4.69, 9.17) is 11.6 Å². The van der Waals surface area contributed by atoms with Gasteiger partial charge in [0, 0.05) is 17.3 Å². The van der Waals surface area contributed by atoms with E-state index >= 15 is 0 Å². The van der Waals surface area contributed by atoms with Crippen LogP contribution < -0.4 is 5.32 Å². The van der Waals surface area contributed by atoms with E-state index in [1.165, 1.54) is 4.88 Å². The molecule has 0 aliphatic carbocycles. The maximum Gasteiger partial charge on any atom is 0.171 e. The molecule has 0 saturated carbocycles. The van der Waals surface area contributed by atoms with Gasteiger partial charge in [-0.25, -0.2) is 15.0 Å². The smallest absolute Gasteiger partial charge is 0.171 e. The van der Waals surface area contributed by atoms with Gasteiger partial charge in [-0.3, -0.25) is 0 Å². The van der Waals surface area contributed by atoms with Gasteiger partial charge in [0.25, 0.3) is 0 Å². The van der Waals surface area contributed by atoms with Crippen LogP contribution in [0, 0.1) is 13.8 Å². The van der Waals surface area contributed by atoms with Crippen molar-refractivity contribution in [2.45, 2.75) is 26.8 Å². The standard InChI is InChI=1S/C11H13ClN4S/c1-6-9(17-8(3)15-6)7(2)16-11-10(12)13-4-5-14-11/h4-5,7H,1-3H3,(H,14,16). The first kappa shape index (κ1) is 12.3. The third kappa shape index (κ3) is 2.73. The lowest BCUT2D eigenvalue weighted by atomic mass is 10.2. The highest BCUT2D eigenvalue weighted by Crippen LogP contribution is 2.28. The summed E-state index contributed by atoms with van der Waals surface area (Å²) in [6.45, 7) is 6.07. The molecule has 17 heavy (non-hydrogen) atoms. The van der Waals surface area contributed by atoms with Crippen molar-refractivity contribution in [2.75, 3.05) is 5.32 Å². The molecule has 0 aromatic carbocycles. The fourth-order valence-electron chi connectivity index (χ4n) is 1.64. The van der Waals surface area contributed by atoms with E-state index in [2.05, 4.69) is 27.2 Å². The summed E-state index contributed by atoms with van der Waals surface area (Å²) >= 11 is 7.64. The summed E-state index contributed by atoms with van der Waals surface area (Å²) in [4.78, 5) is 13.7. The summed E-state index contributed by atoms with van der Waals surface area (Å²) in [5.74, 6) is 0.604. The van der Waals surface area contributed by atoms with Crippen molar-refractivity contribution in [1.29, 1.82) is 0 Å². The first-order chi connectivity index (χ1) is 8.08. The third-order valence-corrected chi connectivity index (χ3v) is 3.87. The number of halogens is 1. The minimum atomic E-state index is 0.121. The highest BCUT2D eigenvalue weighted by atomic mass is 35.5. The molecule has 0 aliphatic heterocycles. The first-order valence-corrected chi connectivity index (χ1v) is 6.44. The molecule has 1 atom stereocenters. The Morgan fingerprint density at radius 3 is 2.59 bits per heavy atom. The number of nitrogens with zero attached hydrogens (tertiary/aromatic N) is 3. The zero-order valence-corrected chi connectivity index (χ0v) is 11.4. The highest BCUT2D eigenvalue weighted by molar-refractivity contribution is 7.11. The number of hydrogen-bond donors (Lipinski definition) is 1. The number of aromatic nitrogens is 3. The molecule has 0 aliphatic rings. The van der Waals surface area contributed by atoms with Gasteiger partial charge in [-0.1, -0.05) is 11.6 Å². The molecular weight excluding hydrogens is 256 g/mol. The topological polar surface area (TPSA) is 50.7 Å². The summed E-state index contributed by atoms with van der Waals surface area (Å²) in [5, 5.41) is 4.70.